The lowest BCUT2D eigenvalue weighted by atomic mass is 9.84. The zero-order valence-electron chi connectivity index (χ0n) is 14.1. The number of aryl methyl sites for hydroxylation is 2. The molecule has 0 spiro atoms. The third-order valence-corrected chi connectivity index (χ3v) is 4.47. The van der Waals surface area contributed by atoms with Crippen LogP contribution in [0, 0.1) is 13.8 Å². The van der Waals surface area contributed by atoms with Crippen LogP contribution in [0.15, 0.2) is 12.1 Å². The normalized spacial score (nSPS) is 17.1. The number of amides is 1. The van der Waals surface area contributed by atoms with Gasteiger partial charge in [0.1, 0.15) is 11.4 Å². The molecule has 0 bridgehead atoms. The second-order valence-corrected chi connectivity index (χ2v) is 6.09. The van der Waals surface area contributed by atoms with Crippen LogP contribution in [-0.2, 0) is 9.53 Å². The monoisotopic (exact) mass is 305 g/mol. The van der Waals surface area contributed by atoms with Gasteiger partial charge in [-0.3, -0.25) is 4.79 Å². The molecule has 1 aliphatic carbocycles. The molecule has 0 radical (unpaired) electrons. The molecule has 0 aliphatic heterocycles. The van der Waals surface area contributed by atoms with Gasteiger partial charge in [0.2, 0.25) is 0 Å². The van der Waals surface area contributed by atoms with Crippen molar-refractivity contribution >= 4 is 11.6 Å². The number of carbonyl (C=O) groups is 1. The Morgan fingerprint density at radius 1 is 1.18 bits per heavy atom. The standard InChI is InChI=1S/C18H27NO3/c1-5-22-16-13(2)11-15(12-14(16)3)19-17(20)18(21-4)9-7-6-8-10-18/h11-12H,5-10H2,1-4H3,(H,19,20). The summed E-state index contributed by atoms with van der Waals surface area (Å²) in [5, 5.41) is 3.03. The summed E-state index contributed by atoms with van der Waals surface area (Å²) in [6.45, 7) is 6.61. The van der Waals surface area contributed by atoms with Gasteiger partial charge in [-0.25, -0.2) is 0 Å². The molecule has 122 valence electrons. The van der Waals surface area contributed by atoms with E-state index in [0.29, 0.717) is 6.61 Å². The van der Waals surface area contributed by atoms with Crippen molar-refractivity contribution < 1.29 is 14.3 Å². The van der Waals surface area contributed by atoms with Crippen LogP contribution in [0.25, 0.3) is 0 Å². The third-order valence-electron chi connectivity index (χ3n) is 4.47. The van der Waals surface area contributed by atoms with E-state index < -0.39 is 5.60 Å². The first-order chi connectivity index (χ1) is 10.5. The van der Waals surface area contributed by atoms with Crippen molar-refractivity contribution in [2.75, 3.05) is 19.0 Å². The van der Waals surface area contributed by atoms with Gasteiger partial charge in [-0.15, -0.1) is 0 Å². The van der Waals surface area contributed by atoms with Gasteiger partial charge in [0, 0.05) is 12.8 Å². The molecule has 1 fully saturated rings. The Morgan fingerprint density at radius 2 is 1.77 bits per heavy atom. The van der Waals surface area contributed by atoms with Crippen molar-refractivity contribution in [3.05, 3.63) is 23.3 Å². The Kier molecular flexibility index (Phi) is 5.46. The van der Waals surface area contributed by atoms with Crippen molar-refractivity contribution in [3.63, 3.8) is 0 Å². The van der Waals surface area contributed by atoms with Crippen LogP contribution in [0.2, 0.25) is 0 Å². The van der Waals surface area contributed by atoms with Crippen molar-refractivity contribution in [2.24, 2.45) is 0 Å². The van der Waals surface area contributed by atoms with Crippen LogP contribution in [-0.4, -0.2) is 25.2 Å². The van der Waals surface area contributed by atoms with E-state index in [2.05, 4.69) is 5.32 Å². The molecule has 4 nitrogen and oxygen atoms in total. The summed E-state index contributed by atoms with van der Waals surface area (Å²) in [7, 11) is 1.64. The SMILES string of the molecule is CCOc1c(C)cc(NC(=O)C2(OC)CCCCC2)cc1C. The van der Waals surface area contributed by atoms with Gasteiger partial charge in [0.05, 0.1) is 6.61 Å². The van der Waals surface area contributed by atoms with Crippen LogP contribution in [0.1, 0.15) is 50.2 Å². The molecular weight excluding hydrogens is 278 g/mol. The lowest BCUT2D eigenvalue weighted by molar-refractivity contribution is -0.141. The molecule has 22 heavy (non-hydrogen) atoms. The second kappa shape index (κ2) is 7.14. The molecular formula is C18H27NO3. The smallest absolute Gasteiger partial charge is 0.256 e. The van der Waals surface area contributed by atoms with Crippen molar-refractivity contribution in [1.29, 1.82) is 0 Å². The predicted octanol–water partition coefficient (Wildman–Crippen LogP) is 3.99. The van der Waals surface area contributed by atoms with Gasteiger partial charge in [0.25, 0.3) is 5.91 Å². The summed E-state index contributed by atoms with van der Waals surface area (Å²) in [6.07, 6.45) is 4.86. The largest absolute Gasteiger partial charge is 0.493 e. The minimum Gasteiger partial charge on any atom is -0.493 e. The second-order valence-electron chi connectivity index (χ2n) is 6.09. The summed E-state index contributed by atoms with van der Waals surface area (Å²) >= 11 is 0. The molecule has 0 atom stereocenters. The van der Waals surface area contributed by atoms with E-state index >= 15 is 0 Å². The fourth-order valence-electron chi connectivity index (χ4n) is 3.29. The highest BCUT2D eigenvalue weighted by Crippen LogP contribution is 2.33. The van der Waals surface area contributed by atoms with Crippen LogP contribution in [0.5, 0.6) is 5.75 Å². The van der Waals surface area contributed by atoms with E-state index in [1.807, 2.05) is 32.9 Å². The van der Waals surface area contributed by atoms with Gasteiger partial charge in [-0.2, -0.15) is 0 Å². The molecule has 1 aromatic rings. The van der Waals surface area contributed by atoms with Gasteiger partial charge in [0.15, 0.2) is 0 Å². The number of nitrogens with one attached hydrogen (secondary N) is 1. The zero-order valence-corrected chi connectivity index (χ0v) is 14.1. The minimum atomic E-state index is -0.668. The number of methoxy groups -OCH3 is 1. The molecule has 2 rings (SSSR count). The maximum Gasteiger partial charge on any atom is 0.256 e. The number of ether oxygens (including phenoxy) is 2. The number of hydrogen-bond donors (Lipinski definition) is 1. The molecule has 4 heteroatoms. The Balaban J connectivity index is 2.17. The highest BCUT2D eigenvalue weighted by Gasteiger charge is 2.39. The van der Waals surface area contributed by atoms with Gasteiger partial charge < -0.3 is 14.8 Å². The summed E-state index contributed by atoms with van der Waals surface area (Å²) < 4.78 is 11.2. The molecule has 1 aromatic carbocycles. The van der Waals surface area contributed by atoms with Crippen LogP contribution in [0.4, 0.5) is 5.69 Å². The number of benzene rings is 1. The van der Waals surface area contributed by atoms with Crippen molar-refractivity contribution in [2.45, 2.75) is 58.5 Å². The topological polar surface area (TPSA) is 47.6 Å². The molecule has 1 amide bonds. The summed E-state index contributed by atoms with van der Waals surface area (Å²) in [5.41, 5.74) is 2.21. The predicted molar refractivity (Wildman–Crippen MR) is 88.5 cm³/mol. The van der Waals surface area contributed by atoms with E-state index in [1.54, 1.807) is 7.11 Å². The maximum absolute atomic E-state index is 12.7. The Bertz CT molecular complexity index is 510. The fraction of sp³-hybridized carbons (Fsp3) is 0.611. The zero-order chi connectivity index (χ0) is 16.2. The molecule has 0 unspecified atom stereocenters. The lowest BCUT2D eigenvalue weighted by Gasteiger charge is -2.34. The molecule has 0 aromatic heterocycles. The highest BCUT2D eigenvalue weighted by atomic mass is 16.5. The molecule has 0 heterocycles. The number of rotatable bonds is 5. The Labute approximate surface area is 133 Å². The van der Waals surface area contributed by atoms with E-state index in [4.69, 9.17) is 9.47 Å². The van der Waals surface area contributed by atoms with Crippen LogP contribution in [0.3, 0.4) is 0 Å². The van der Waals surface area contributed by atoms with Gasteiger partial charge in [-0.1, -0.05) is 19.3 Å². The van der Waals surface area contributed by atoms with Gasteiger partial charge in [-0.05, 0) is 56.9 Å². The summed E-state index contributed by atoms with van der Waals surface area (Å²) in [4.78, 5) is 12.7. The third kappa shape index (κ3) is 3.43. The molecule has 1 aliphatic rings. The first kappa shape index (κ1) is 16.8. The maximum atomic E-state index is 12.7. The number of anilines is 1. The average molecular weight is 305 g/mol. The number of carbonyl (C=O) groups excluding carboxylic acids is 1. The quantitative estimate of drug-likeness (QED) is 0.894. The lowest BCUT2D eigenvalue weighted by Crippen LogP contribution is -2.46. The summed E-state index contributed by atoms with van der Waals surface area (Å²) in [5.74, 6) is 0.872. The Morgan fingerprint density at radius 3 is 2.27 bits per heavy atom. The molecule has 1 N–H and O–H groups in total. The summed E-state index contributed by atoms with van der Waals surface area (Å²) in [6, 6.07) is 3.92. The fourth-order valence-corrected chi connectivity index (χ4v) is 3.29. The van der Waals surface area contributed by atoms with E-state index in [0.717, 1.165) is 48.2 Å². The first-order valence-corrected chi connectivity index (χ1v) is 8.13. The number of hydrogen-bond acceptors (Lipinski definition) is 3. The minimum absolute atomic E-state index is 0.0299. The van der Waals surface area contributed by atoms with Crippen molar-refractivity contribution in [1.82, 2.24) is 0 Å². The van der Waals surface area contributed by atoms with Crippen LogP contribution >= 0.6 is 0 Å². The first-order valence-electron chi connectivity index (χ1n) is 8.13. The van der Waals surface area contributed by atoms with E-state index in [-0.39, 0.29) is 5.91 Å². The molecule has 0 saturated heterocycles. The van der Waals surface area contributed by atoms with E-state index in [9.17, 15) is 4.79 Å². The van der Waals surface area contributed by atoms with Crippen molar-refractivity contribution in [3.8, 4) is 5.75 Å². The van der Waals surface area contributed by atoms with Gasteiger partial charge >= 0.3 is 0 Å². The van der Waals surface area contributed by atoms with Crippen LogP contribution < -0.4 is 10.1 Å². The van der Waals surface area contributed by atoms with E-state index in [1.165, 1.54) is 6.42 Å². The average Bonchev–Trinajstić information content (AvgIpc) is 2.51. The molecule has 1 saturated carbocycles. The Hall–Kier alpha value is -1.55. The highest BCUT2D eigenvalue weighted by molar-refractivity contribution is 5.97.